The third kappa shape index (κ3) is 4.35. The summed E-state index contributed by atoms with van der Waals surface area (Å²) in [5.74, 6) is -2.51. The van der Waals surface area contributed by atoms with Crippen molar-refractivity contribution in [2.45, 2.75) is 39.7 Å². The molecule has 2 unspecified atom stereocenters. The van der Waals surface area contributed by atoms with Gasteiger partial charge in [0.15, 0.2) is 0 Å². The van der Waals surface area contributed by atoms with E-state index in [1.807, 2.05) is 0 Å². The highest BCUT2D eigenvalue weighted by molar-refractivity contribution is 6.06. The topological polar surface area (TPSA) is 98.1 Å². The molecule has 0 aliphatic carbocycles. The monoisotopic (exact) mass is 360 g/mol. The Kier molecular flexibility index (Phi) is 6.63. The molecular weight excluding hydrogens is 336 g/mol. The lowest BCUT2D eigenvalue weighted by Gasteiger charge is -2.31. The van der Waals surface area contributed by atoms with Gasteiger partial charge in [-0.05, 0) is 39.8 Å². The fourth-order valence-corrected chi connectivity index (χ4v) is 3.01. The van der Waals surface area contributed by atoms with E-state index in [1.54, 1.807) is 52.1 Å². The van der Waals surface area contributed by atoms with Crippen molar-refractivity contribution in [3.05, 3.63) is 41.4 Å². The lowest BCUT2D eigenvalue weighted by molar-refractivity contribution is -0.150. The molecule has 2 rings (SSSR count). The van der Waals surface area contributed by atoms with Crippen LogP contribution in [0.2, 0.25) is 0 Å². The van der Waals surface area contributed by atoms with Gasteiger partial charge in [-0.1, -0.05) is 6.07 Å². The second kappa shape index (κ2) is 8.71. The number of hydrogen-bond acceptors (Lipinski definition) is 7. The lowest BCUT2D eigenvalue weighted by Crippen LogP contribution is -2.37. The van der Waals surface area contributed by atoms with Crippen molar-refractivity contribution >= 4 is 17.7 Å². The number of ether oxygens (including phenoxy) is 2. The number of nitrogens with zero attached hydrogens (tertiary/aromatic N) is 2. The van der Waals surface area contributed by atoms with Gasteiger partial charge in [0.1, 0.15) is 12.5 Å². The van der Waals surface area contributed by atoms with Crippen LogP contribution in [0.15, 0.2) is 40.7 Å². The molecule has 0 radical (unpaired) electrons. The van der Waals surface area contributed by atoms with Crippen LogP contribution in [0.25, 0.3) is 0 Å². The highest BCUT2D eigenvalue weighted by atomic mass is 16.5. The highest BCUT2D eigenvalue weighted by Crippen LogP contribution is 2.39. The van der Waals surface area contributed by atoms with E-state index in [-0.39, 0.29) is 24.9 Å². The molecule has 0 saturated carbocycles. The van der Waals surface area contributed by atoms with Crippen molar-refractivity contribution < 1.29 is 24.2 Å². The molecule has 0 bridgehead atoms. The average Bonchev–Trinajstić information content (AvgIpc) is 2.59. The second-order valence-electron chi connectivity index (χ2n) is 6.31. The van der Waals surface area contributed by atoms with E-state index in [2.05, 4.69) is 9.98 Å². The summed E-state index contributed by atoms with van der Waals surface area (Å²) >= 11 is 0. The van der Waals surface area contributed by atoms with Gasteiger partial charge < -0.3 is 14.6 Å². The first-order valence-electron chi connectivity index (χ1n) is 8.52. The van der Waals surface area contributed by atoms with Crippen molar-refractivity contribution in [2.75, 3.05) is 13.2 Å². The van der Waals surface area contributed by atoms with E-state index in [0.29, 0.717) is 17.1 Å². The van der Waals surface area contributed by atoms with Crippen molar-refractivity contribution in [3.8, 4) is 0 Å². The molecule has 140 valence electrons. The second-order valence-corrected chi connectivity index (χ2v) is 6.31. The summed E-state index contributed by atoms with van der Waals surface area (Å²) in [7, 11) is 0. The minimum absolute atomic E-state index is 0.131. The van der Waals surface area contributed by atoms with Gasteiger partial charge in [0.2, 0.25) is 0 Å². The van der Waals surface area contributed by atoms with Crippen molar-refractivity contribution in [2.24, 2.45) is 10.9 Å². The van der Waals surface area contributed by atoms with E-state index in [1.165, 1.54) is 0 Å². The maximum Gasteiger partial charge on any atom is 0.336 e. The van der Waals surface area contributed by atoms with Crippen LogP contribution in [0, 0.1) is 5.92 Å². The molecular formula is C19H24N2O5. The van der Waals surface area contributed by atoms with Crippen LogP contribution in [0.3, 0.4) is 0 Å². The smallest absolute Gasteiger partial charge is 0.336 e. The lowest BCUT2D eigenvalue weighted by atomic mass is 9.77. The largest absolute Gasteiger partial charge is 0.462 e. The van der Waals surface area contributed by atoms with Crippen LogP contribution < -0.4 is 0 Å². The molecule has 7 heteroatoms. The standard InChI is InChI=1S/C19H24N2O5/c1-11(2)26-19(24)16-13(4)21-12(3)15(18(23)25-10-9-22)17(16)14-7-5-6-8-20-14/h5-8,11,16-17,22H,9-10H2,1-4H3. The van der Waals surface area contributed by atoms with Gasteiger partial charge in [-0.15, -0.1) is 0 Å². The number of aliphatic imine (C=N–C) groups is 1. The third-order valence-corrected chi connectivity index (χ3v) is 3.98. The predicted molar refractivity (Wildman–Crippen MR) is 95.5 cm³/mol. The third-order valence-electron chi connectivity index (χ3n) is 3.98. The Balaban J connectivity index is 2.53. The summed E-state index contributed by atoms with van der Waals surface area (Å²) in [5.41, 5.74) is 1.84. The molecule has 7 nitrogen and oxygen atoms in total. The van der Waals surface area contributed by atoms with Gasteiger partial charge in [0.25, 0.3) is 0 Å². The fraction of sp³-hybridized carbons (Fsp3) is 0.474. The molecule has 0 fully saturated rings. The summed E-state index contributed by atoms with van der Waals surface area (Å²) < 4.78 is 10.5. The van der Waals surface area contributed by atoms with Crippen LogP contribution in [0.5, 0.6) is 0 Å². The number of rotatable bonds is 6. The van der Waals surface area contributed by atoms with Gasteiger partial charge >= 0.3 is 11.9 Å². The van der Waals surface area contributed by atoms with Gasteiger partial charge in [0, 0.05) is 23.3 Å². The number of aromatic nitrogens is 1. The zero-order valence-electron chi connectivity index (χ0n) is 15.4. The number of hydrogen-bond donors (Lipinski definition) is 1. The molecule has 1 aromatic heterocycles. The predicted octanol–water partition coefficient (Wildman–Crippen LogP) is 2.02. The first-order chi connectivity index (χ1) is 12.4. The van der Waals surface area contributed by atoms with Crippen LogP contribution in [0.4, 0.5) is 0 Å². The summed E-state index contributed by atoms with van der Waals surface area (Å²) in [6.45, 7) is 6.54. The zero-order valence-corrected chi connectivity index (χ0v) is 15.4. The molecule has 1 aromatic rings. The van der Waals surface area contributed by atoms with E-state index in [9.17, 15) is 9.59 Å². The minimum Gasteiger partial charge on any atom is -0.462 e. The fourth-order valence-electron chi connectivity index (χ4n) is 3.01. The highest BCUT2D eigenvalue weighted by Gasteiger charge is 2.43. The van der Waals surface area contributed by atoms with Gasteiger partial charge in [-0.25, -0.2) is 4.79 Å². The number of carbonyl (C=O) groups excluding carboxylic acids is 2. The van der Waals surface area contributed by atoms with Crippen molar-refractivity contribution in [3.63, 3.8) is 0 Å². The first kappa shape index (κ1) is 19.8. The first-order valence-corrected chi connectivity index (χ1v) is 8.52. The minimum atomic E-state index is -0.771. The maximum atomic E-state index is 12.7. The van der Waals surface area contributed by atoms with Crippen molar-refractivity contribution in [1.82, 2.24) is 4.98 Å². The van der Waals surface area contributed by atoms with Crippen LogP contribution in [-0.2, 0) is 19.1 Å². The quantitative estimate of drug-likeness (QED) is 0.780. The average molecular weight is 360 g/mol. The molecule has 0 saturated heterocycles. The Hall–Kier alpha value is -2.54. The van der Waals surface area contributed by atoms with E-state index < -0.39 is 23.8 Å². The van der Waals surface area contributed by atoms with E-state index in [4.69, 9.17) is 14.6 Å². The van der Waals surface area contributed by atoms with Crippen LogP contribution >= 0.6 is 0 Å². The van der Waals surface area contributed by atoms with E-state index >= 15 is 0 Å². The molecule has 0 aromatic carbocycles. The molecule has 2 atom stereocenters. The van der Waals surface area contributed by atoms with Gasteiger partial charge in [0.05, 0.1) is 24.2 Å². The molecule has 26 heavy (non-hydrogen) atoms. The Morgan fingerprint density at radius 3 is 2.58 bits per heavy atom. The summed E-state index contributed by atoms with van der Waals surface area (Å²) in [5, 5.41) is 8.94. The van der Waals surface area contributed by atoms with Crippen molar-refractivity contribution in [1.29, 1.82) is 0 Å². The van der Waals surface area contributed by atoms with Gasteiger partial charge in [-0.2, -0.15) is 0 Å². The molecule has 1 aliphatic heterocycles. The maximum absolute atomic E-state index is 12.7. The van der Waals surface area contributed by atoms with Crippen LogP contribution in [-0.4, -0.2) is 47.1 Å². The number of allylic oxidation sites excluding steroid dienone is 1. The number of aliphatic hydroxyl groups is 1. The number of esters is 2. The number of pyridine rings is 1. The summed E-state index contributed by atoms with van der Waals surface area (Å²) in [4.78, 5) is 34.1. The Morgan fingerprint density at radius 1 is 1.27 bits per heavy atom. The summed E-state index contributed by atoms with van der Waals surface area (Å²) in [6.07, 6.45) is 1.31. The Morgan fingerprint density at radius 2 is 2.00 bits per heavy atom. The summed E-state index contributed by atoms with van der Waals surface area (Å²) in [6, 6.07) is 5.31. The SMILES string of the molecule is CC1=NC(C)=C(C(=O)OCCO)C(c2ccccn2)C1C(=O)OC(C)C. The zero-order chi connectivity index (χ0) is 19.3. The Bertz CT molecular complexity index is 725. The molecule has 2 heterocycles. The molecule has 1 aliphatic rings. The number of carbonyl (C=O) groups is 2. The number of aliphatic hydroxyl groups excluding tert-OH is 1. The molecule has 0 spiro atoms. The molecule has 0 amide bonds. The normalized spacial score (nSPS) is 20.0. The van der Waals surface area contributed by atoms with Gasteiger partial charge in [-0.3, -0.25) is 14.8 Å². The Labute approximate surface area is 152 Å². The van der Waals surface area contributed by atoms with E-state index in [0.717, 1.165) is 0 Å². The molecule has 1 N–H and O–H groups in total. The van der Waals surface area contributed by atoms with Crippen LogP contribution in [0.1, 0.15) is 39.3 Å².